The monoisotopic (exact) mass is 330 g/mol. The molecule has 24 heavy (non-hydrogen) atoms. The second-order valence-electron chi connectivity index (χ2n) is 9.91. The van der Waals surface area contributed by atoms with Crippen molar-refractivity contribution in [3.8, 4) is 0 Å². The summed E-state index contributed by atoms with van der Waals surface area (Å²) in [5, 5.41) is 9.71. The standard InChI is InChI=1S/C22H34O2/c1-14(13-23)18-6-7-19-17-5-4-15-12-16(24)8-10-21(15,2)20(17)9-11-22(18,19)3/h8,10,14-15,17-20,23H,4-7,9,11-13H2,1-3H3/t14?,15?,17-,18+,19-,20-,21-,22+/m0/s1. The van der Waals surface area contributed by atoms with Crippen LogP contribution in [0.1, 0.15) is 65.7 Å². The lowest BCUT2D eigenvalue weighted by Crippen LogP contribution is -2.52. The van der Waals surface area contributed by atoms with Gasteiger partial charge in [-0.25, -0.2) is 0 Å². The van der Waals surface area contributed by atoms with Crippen LogP contribution in [0.5, 0.6) is 0 Å². The zero-order valence-corrected chi connectivity index (χ0v) is 15.6. The second-order valence-corrected chi connectivity index (χ2v) is 9.91. The van der Waals surface area contributed by atoms with Crippen molar-refractivity contribution in [2.75, 3.05) is 6.61 Å². The van der Waals surface area contributed by atoms with E-state index in [0.717, 1.165) is 24.2 Å². The van der Waals surface area contributed by atoms with Crippen LogP contribution in [0.3, 0.4) is 0 Å². The summed E-state index contributed by atoms with van der Waals surface area (Å²) in [6.45, 7) is 7.57. The lowest BCUT2D eigenvalue weighted by Gasteiger charge is -2.59. The summed E-state index contributed by atoms with van der Waals surface area (Å²) in [6, 6.07) is 0. The van der Waals surface area contributed by atoms with Crippen LogP contribution < -0.4 is 0 Å². The topological polar surface area (TPSA) is 37.3 Å². The summed E-state index contributed by atoms with van der Waals surface area (Å²) in [5.41, 5.74) is 0.680. The number of aliphatic hydroxyl groups excluding tert-OH is 1. The molecule has 134 valence electrons. The molecule has 0 heterocycles. The van der Waals surface area contributed by atoms with Crippen LogP contribution >= 0.6 is 0 Å². The third-order valence-corrected chi connectivity index (χ3v) is 9.09. The van der Waals surface area contributed by atoms with Crippen LogP contribution in [0, 0.1) is 46.3 Å². The first-order valence-electron chi connectivity index (χ1n) is 10.2. The van der Waals surface area contributed by atoms with E-state index < -0.39 is 0 Å². The van der Waals surface area contributed by atoms with Crippen molar-refractivity contribution in [3.63, 3.8) is 0 Å². The second kappa shape index (κ2) is 5.69. The van der Waals surface area contributed by atoms with E-state index in [9.17, 15) is 9.90 Å². The Morgan fingerprint density at radius 3 is 2.71 bits per heavy atom. The maximum Gasteiger partial charge on any atom is 0.155 e. The molecule has 2 heteroatoms. The van der Waals surface area contributed by atoms with Gasteiger partial charge in [-0.3, -0.25) is 4.79 Å². The SMILES string of the molecule is CC(CO)[C@H]1CC[C@H]2[C@@H]3CCC4CC(=O)C=C[C@]4(C)[C@H]3CC[C@]12C. The van der Waals surface area contributed by atoms with Gasteiger partial charge in [0.1, 0.15) is 0 Å². The summed E-state index contributed by atoms with van der Waals surface area (Å²) in [4.78, 5) is 11.9. The van der Waals surface area contributed by atoms with Gasteiger partial charge in [-0.2, -0.15) is 0 Å². The quantitative estimate of drug-likeness (QED) is 0.802. The maximum absolute atomic E-state index is 11.9. The molecule has 0 aromatic heterocycles. The highest BCUT2D eigenvalue weighted by Crippen LogP contribution is 2.67. The predicted molar refractivity (Wildman–Crippen MR) is 96.4 cm³/mol. The Morgan fingerprint density at radius 2 is 1.96 bits per heavy atom. The Bertz CT molecular complexity index is 552. The molecule has 0 bridgehead atoms. The summed E-state index contributed by atoms with van der Waals surface area (Å²) in [5.74, 6) is 4.49. The van der Waals surface area contributed by atoms with E-state index in [4.69, 9.17) is 0 Å². The molecule has 0 spiro atoms. The van der Waals surface area contributed by atoms with E-state index in [0.29, 0.717) is 35.6 Å². The van der Waals surface area contributed by atoms with Crippen molar-refractivity contribution in [1.29, 1.82) is 0 Å². The van der Waals surface area contributed by atoms with Crippen molar-refractivity contribution < 1.29 is 9.90 Å². The Hall–Kier alpha value is -0.630. The Morgan fingerprint density at radius 1 is 1.17 bits per heavy atom. The molecule has 4 rings (SSSR count). The van der Waals surface area contributed by atoms with Crippen LogP contribution in [0.2, 0.25) is 0 Å². The molecule has 0 saturated heterocycles. The molecule has 1 N–H and O–H groups in total. The number of rotatable bonds is 2. The average molecular weight is 331 g/mol. The number of aliphatic hydroxyl groups is 1. The molecule has 0 aromatic rings. The maximum atomic E-state index is 11.9. The first kappa shape index (κ1) is 16.8. The molecule has 4 aliphatic carbocycles. The smallest absolute Gasteiger partial charge is 0.155 e. The van der Waals surface area contributed by atoms with Crippen LogP contribution in [0.25, 0.3) is 0 Å². The van der Waals surface area contributed by atoms with Gasteiger partial charge >= 0.3 is 0 Å². The van der Waals surface area contributed by atoms with E-state index in [-0.39, 0.29) is 5.41 Å². The number of fused-ring (bicyclic) bond motifs is 5. The van der Waals surface area contributed by atoms with Crippen molar-refractivity contribution in [2.45, 2.75) is 65.7 Å². The fourth-order valence-corrected chi connectivity index (χ4v) is 7.74. The van der Waals surface area contributed by atoms with Gasteiger partial charge in [0.25, 0.3) is 0 Å². The molecule has 0 aliphatic heterocycles. The van der Waals surface area contributed by atoms with Gasteiger partial charge in [0.15, 0.2) is 5.78 Å². The molecule has 0 radical (unpaired) electrons. The summed E-state index contributed by atoms with van der Waals surface area (Å²) in [7, 11) is 0. The van der Waals surface area contributed by atoms with E-state index in [1.165, 1.54) is 38.5 Å². The molecule has 2 unspecified atom stereocenters. The van der Waals surface area contributed by atoms with Crippen LogP contribution in [0.4, 0.5) is 0 Å². The fraction of sp³-hybridized carbons (Fsp3) is 0.864. The summed E-state index contributed by atoms with van der Waals surface area (Å²) in [6.07, 6.45) is 12.8. The Labute approximate surface area is 147 Å². The zero-order chi connectivity index (χ0) is 17.1. The number of carbonyl (C=O) groups excluding carboxylic acids is 1. The molecule has 0 amide bonds. The highest BCUT2D eigenvalue weighted by molar-refractivity contribution is 5.91. The minimum atomic E-state index is 0.249. The molecule has 4 aliphatic rings. The minimum Gasteiger partial charge on any atom is -0.396 e. The zero-order valence-electron chi connectivity index (χ0n) is 15.6. The molecule has 0 aromatic carbocycles. The number of allylic oxidation sites excluding steroid dienone is 2. The molecule has 3 fully saturated rings. The highest BCUT2D eigenvalue weighted by atomic mass is 16.3. The van der Waals surface area contributed by atoms with Crippen molar-refractivity contribution >= 4 is 5.78 Å². The third-order valence-electron chi connectivity index (χ3n) is 9.09. The van der Waals surface area contributed by atoms with E-state index >= 15 is 0 Å². The summed E-state index contributed by atoms with van der Waals surface area (Å²) < 4.78 is 0. The average Bonchev–Trinajstić information content (AvgIpc) is 2.92. The number of ketones is 1. The van der Waals surface area contributed by atoms with Crippen LogP contribution in [-0.4, -0.2) is 17.5 Å². The fourth-order valence-electron chi connectivity index (χ4n) is 7.74. The third kappa shape index (κ3) is 2.21. The van der Waals surface area contributed by atoms with Gasteiger partial charge in [-0.1, -0.05) is 26.8 Å². The normalized spacial score (nSPS) is 51.7. The molecular weight excluding hydrogens is 296 g/mol. The van der Waals surface area contributed by atoms with Gasteiger partial charge in [-0.05, 0) is 90.9 Å². The molecular formula is C22H34O2. The van der Waals surface area contributed by atoms with Gasteiger partial charge in [0.2, 0.25) is 0 Å². The number of hydrogen-bond donors (Lipinski definition) is 1. The van der Waals surface area contributed by atoms with E-state index in [1.807, 2.05) is 6.08 Å². The minimum absolute atomic E-state index is 0.249. The predicted octanol–water partition coefficient (Wildman–Crippen LogP) is 4.62. The Kier molecular flexibility index (Phi) is 3.99. The van der Waals surface area contributed by atoms with Crippen LogP contribution in [0.15, 0.2) is 12.2 Å². The van der Waals surface area contributed by atoms with Gasteiger partial charge < -0.3 is 5.11 Å². The molecule has 3 saturated carbocycles. The number of hydrogen-bond acceptors (Lipinski definition) is 2. The molecule has 8 atom stereocenters. The van der Waals surface area contributed by atoms with Crippen molar-refractivity contribution in [2.24, 2.45) is 46.3 Å². The largest absolute Gasteiger partial charge is 0.396 e. The first-order valence-corrected chi connectivity index (χ1v) is 10.2. The van der Waals surface area contributed by atoms with E-state index in [1.54, 1.807) is 0 Å². The lowest BCUT2D eigenvalue weighted by molar-refractivity contribution is -0.123. The van der Waals surface area contributed by atoms with Crippen LogP contribution in [-0.2, 0) is 4.79 Å². The van der Waals surface area contributed by atoms with Gasteiger partial charge in [-0.15, -0.1) is 0 Å². The number of carbonyl (C=O) groups is 1. The van der Waals surface area contributed by atoms with Crippen molar-refractivity contribution in [1.82, 2.24) is 0 Å². The van der Waals surface area contributed by atoms with Crippen molar-refractivity contribution in [3.05, 3.63) is 12.2 Å². The van der Waals surface area contributed by atoms with Gasteiger partial charge in [0, 0.05) is 13.0 Å². The first-order chi connectivity index (χ1) is 11.4. The molecule has 2 nitrogen and oxygen atoms in total. The lowest BCUT2D eigenvalue weighted by atomic mass is 9.45. The van der Waals surface area contributed by atoms with Gasteiger partial charge in [0.05, 0.1) is 0 Å². The summed E-state index contributed by atoms with van der Waals surface area (Å²) >= 11 is 0. The van der Waals surface area contributed by atoms with E-state index in [2.05, 4.69) is 26.8 Å². The highest BCUT2D eigenvalue weighted by Gasteiger charge is 2.59. The Balaban J connectivity index is 1.63.